The molecule has 1 saturated carbocycles. The Hall–Kier alpha value is -2.86. The zero-order chi connectivity index (χ0) is 21.1. The van der Waals surface area contributed by atoms with Crippen molar-refractivity contribution in [3.63, 3.8) is 0 Å². The molecule has 3 atom stereocenters. The minimum Gasteiger partial charge on any atom is -0.483 e. The molecular formula is C23H22ClFN2O3. The number of amides is 2. The van der Waals surface area contributed by atoms with Gasteiger partial charge in [0, 0.05) is 17.5 Å². The van der Waals surface area contributed by atoms with Crippen molar-refractivity contribution in [3.8, 4) is 0 Å². The van der Waals surface area contributed by atoms with Crippen LogP contribution in [0, 0.1) is 11.7 Å². The molecule has 2 fully saturated rings. The van der Waals surface area contributed by atoms with Crippen molar-refractivity contribution in [2.75, 3.05) is 0 Å². The van der Waals surface area contributed by atoms with E-state index in [1.165, 1.54) is 12.1 Å². The van der Waals surface area contributed by atoms with E-state index in [9.17, 15) is 14.0 Å². The highest BCUT2D eigenvalue weighted by Crippen LogP contribution is 2.32. The summed E-state index contributed by atoms with van der Waals surface area (Å²) in [6, 6.07) is 13.2. The summed E-state index contributed by atoms with van der Waals surface area (Å²) in [5, 5.41) is 6.38. The molecule has 0 spiro atoms. The summed E-state index contributed by atoms with van der Waals surface area (Å²) in [7, 11) is 0. The van der Waals surface area contributed by atoms with Crippen LogP contribution < -0.4 is 10.6 Å². The number of benzene rings is 2. The van der Waals surface area contributed by atoms with Gasteiger partial charge >= 0.3 is 0 Å². The Morgan fingerprint density at radius 1 is 1.23 bits per heavy atom. The van der Waals surface area contributed by atoms with Gasteiger partial charge in [-0.15, -0.1) is 0 Å². The highest BCUT2D eigenvalue weighted by Gasteiger charge is 2.40. The van der Waals surface area contributed by atoms with Crippen LogP contribution >= 0.6 is 11.6 Å². The minimum atomic E-state index is -0.329. The van der Waals surface area contributed by atoms with Gasteiger partial charge < -0.3 is 15.4 Å². The van der Waals surface area contributed by atoms with E-state index < -0.39 is 0 Å². The van der Waals surface area contributed by atoms with Gasteiger partial charge in [0.05, 0.1) is 6.04 Å². The van der Waals surface area contributed by atoms with Crippen LogP contribution in [0.4, 0.5) is 4.39 Å². The molecule has 1 aliphatic heterocycles. The Kier molecular flexibility index (Phi) is 6.04. The van der Waals surface area contributed by atoms with Gasteiger partial charge in [-0.25, -0.2) is 4.39 Å². The zero-order valence-electron chi connectivity index (χ0n) is 16.2. The van der Waals surface area contributed by atoms with Crippen LogP contribution in [0.25, 0.3) is 6.08 Å². The first-order chi connectivity index (χ1) is 14.5. The van der Waals surface area contributed by atoms with Crippen molar-refractivity contribution in [1.82, 2.24) is 10.6 Å². The predicted molar refractivity (Wildman–Crippen MR) is 112 cm³/mol. The topological polar surface area (TPSA) is 67.4 Å². The van der Waals surface area contributed by atoms with E-state index in [0.29, 0.717) is 35.4 Å². The second-order valence-corrected chi connectivity index (χ2v) is 8.03. The van der Waals surface area contributed by atoms with Crippen molar-refractivity contribution >= 4 is 29.5 Å². The third-order valence-corrected chi connectivity index (χ3v) is 5.87. The highest BCUT2D eigenvalue weighted by molar-refractivity contribution is 6.32. The van der Waals surface area contributed by atoms with Gasteiger partial charge in [-0.2, -0.15) is 0 Å². The van der Waals surface area contributed by atoms with Crippen molar-refractivity contribution < 1.29 is 18.7 Å². The lowest BCUT2D eigenvalue weighted by molar-refractivity contribution is -0.134. The molecular weight excluding hydrogens is 407 g/mol. The minimum absolute atomic E-state index is 0.0932. The molecule has 2 aromatic carbocycles. The maximum atomic E-state index is 13.3. The van der Waals surface area contributed by atoms with Gasteiger partial charge in [0.1, 0.15) is 11.9 Å². The van der Waals surface area contributed by atoms with E-state index in [1.54, 1.807) is 24.3 Å². The summed E-state index contributed by atoms with van der Waals surface area (Å²) in [6.07, 6.45) is 3.29. The Labute approximate surface area is 179 Å². The molecule has 156 valence electrons. The molecule has 1 saturated heterocycles. The predicted octanol–water partition coefficient (Wildman–Crippen LogP) is 3.82. The van der Waals surface area contributed by atoms with Crippen LogP contribution in [0.3, 0.4) is 0 Å². The summed E-state index contributed by atoms with van der Waals surface area (Å²) in [5.41, 5.74) is 1.42. The zero-order valence-corrected chi connectivity index (χ0v) is 17.0. The Balaban J connectivity index is 1.36. The van der Waals surface area contributed by atoms with Crippen LogP contribution in [-0.4, -0.2) is 24.0 Å². The van der Waals surface area contributed by atoms with E-state index in [-0.39, 0.29) is 48.0 Å². The quantitative estimate of drug-likeness (QED) is 0.727. The monoisotopic (exact) mass is 428 g/mol. The van der Waals surface area contributed by atoms with Gasteiger partial charge in [-0.3, -0.25) is 9.59 Å². The van der Waals surface area contributed by atoms with Crippen molar-refractivity contribution in [3.05, 3.63) is 76.3 Å². The Morgan fingerprint density at radius 3 is 2.87 bits per heavy atom. The molecule has 0 radical (unpaired) electrons. The lowest BCUT2D eigenvalue weighted by atomic mass is 9.82. The molecule has 2 amide bonds. The molecule has 5 nitrogen and oxygen atoms in total. The van der Waals surface area contributed by atoms with Crippen molar-refractivity contribution in [2.45, 2.75) is 38.0 Å². The van der Waals surface area contributed by atoms with Crippen LogP contribution in [0.15, 0.2) is 54.3 Å². The van der Waals surface area contributed by atoms with Gasteiger partial charge in [-0.1, -0.05) is 41.9 Å². The molecule has 3 unspecified atom stereocenters. The summed E-state index contributed by atoms with van der Waals surface area (Å²) < 4.78 is 19.2. The lowest BCUT2D eigenvalue weighted by Crippen LogP contribution is -2.54. The van der Waals surface area contributed by atoms with E-state index >= 15 is 0 Å². The summed E-state index contributed by atoms with van der Waals surface area (Å²) in [6.45, 7) is 0.273. The smallest absolute Gasteiger partial charge is 0.286 e. The fourth-order valence-corrected chi connectivity index (χ4v) is 4.13. The van der Waals surface area contributed by atoms with Crippen LogP contribution in [0.5, 0.6) is 0 Å². The summed E-state index contributed by atoms with van der Waals surface area (Å²) >= 11 is 6.17. The largest absolute Gasteiger partial charge is 0.483 e. The summed E-state index contributed by atoms with van der Waals surface area (Å²) in [4.78, 5) is 25.1. The number of hydrogen-bond acceptors (Lipinski definition) is 3. The second kappa shape index (κ2) is 8.88. The van der Waals surface area contributed by atoms with E-state index in [0.717, 1.165) is 0 Å². The standard InChI is InChI=1S/C23H22ClFN2O3/c24-18-7-2-1-5-15(18)12-21-23(29)27-19-11-16(8-9-20(19)30-21)22(28)26-13-14-4-3-6-17(25)10-14/h1-7,10,12,16,19-20H,8-9,11,13H2,(H,26,28)(H,27,29)/b21-12-. The average Bonchev–Trinajstić information content (AvgIpc) is 2.74. The number of carbonyl (C=O) groups is 2. The van der Waals surface area contributed by atoms with Gasteiger partial charge in [0.2, 0.25) is 5.91 Å². The fourth-order valence-electron chi connectivity index (χ4n) is 3.94. The third kappa shape index (κ3) is 4.65. The molecule has 2 aromatic rings. The van der Waals surface area contributed by atoms with Gasteiger partial charge in [-0.05, 0) is 54.7 Å². The maximum absolute atomic E-state index is 13.3. The Bertz CT molecular complexity index is 994. The van der Waals surface area contributed by atoms with E-state index in [4.69, 9.17) is 16.3 Å². The molecule has 0 aromatic heterocycles. The number of nitrogens with one attached hydrogen (secondary N) is 2. The first-order valence-electron chi connectivity index (χ1n) is 9.95. The van der Waals surface area contributed by atoms with Crippen molar-refractivity contribution in [1.29, 1.82) is 0 Å². The number of fused-ring (bicyclic) bond motifs is 1. The molecule has 2 N–H and O–H groups in total. The molecule has 7 heteroatoms. The average molecular weight is 429 g/mol. The van der Waals surface area contributed by atoms with Gasteiger partial charge in [0.15, 0.2) is 5.76 Å². The number of halogens is 2. The van der Waals surface area contributed by atoms with Crippen LogP contribution in [-0.2, 0) is 20.9 Å². The molecule has 0 bridgehead atoms. The lowest BCUT2D eigenvalue weighted by Gasteiger charge is -2.39. The normalized spacial score (nSPS) is 24.5. The molecule has 30 heavy (non-hydrogen) atoms. The first-order valence-corrected chi connectivity index (χ1v) is 10.3. The fraction of sp³-hybridized carbons (Fsp3) is 0.304. The van der Waals surface area contributed by atoms with E-state index in [2.05, 4.69) is 10.6 Å². The number of rotatable bonds is 4. The van der Waals surface area contributed by atoms with Crippen LogP contribution in [0.2, 0.25) is 5.02 Å². The number of hydrogen-bond donors (Lipinski definition) is 2. The number of carbonyl (C=O) groups excluding carboxylic acids is 2. The first kappa shape index (κ1) is 20.4. The van der Waals surface area contributed by atoms with Gasteiger partial charge in [0.25, 0.3) is 5.91 Å². The molecule has 2 aliphatic rings. The second-order valence-electron chi connectivity index (χ2n) is 7.62. The summed E-state index contributed by atoms with van der Waals surface area (Å²) in [5.74, 6) is -0.720. The highest BCUT2D eigenvalue weighted by atomic mass is 35.5. The maximum Gasteiger partial charge on any atom is 0.286 e. The van der Waals surface area contributed by atoms with Crippen LogP contribution in [0.1, 0.15) is 30.4 Å². The van der Waals surface area contributed by atoms with E-state index in [1.807, 2.05) is 18.2 Å². The number of morpholine rings is 1. The molecule has 4 rings (SSSR count). The SMILES string of the molecule is O=C1NC2CC(C(=O)NCc3cccc(F)c3)CCC2O/C1=C\c1ccccc1Cl. The Morgan fingerprint density at radius 2 is 2.07 bits per heavy atom. The molecule has 1 aliphatic carbocycles. The third-order valence-electron chi connectivity index (χ3n) is 5.52. The molecule has 1 heterocycles. The van der Waals surface area contributed by atoms with Crippen molar-refractivity contribution in [2.24, 2.45) is 5.92 Å². The number of ether oxygens (including phenoxy) is 1.